The number of benzene rings is 1. The van der Waals surface area contributed by atoms with Gasteiger partial charge in [-0.2, -0.15) is 11.3 Å². The standard InChI is InChI=1S/C19H23NO4S/c1-23-16-7-6-13(11-17(16)24-2)18(14-8-10-25-12-14)20-9-4-3-5-15(20)19(21)22/h6-8,10-12,15,18H,3-5,9H2,1-2H3,(H,21,22). The summed E-state index contributed by atoms with van der Waals surface area (Å²) in [6.07, 6.45) is 2.65. The first-order chi connectivity index (χ1) is 12.2. The number of carboxylic acids is 1. The fourth-order valence-electron chi connectivity index (χ4n) is 3.56. The van der Waals surface area contributed by atoms with Crippen LogP contribution < -0.4 is 9.47 Å². The predicted octanol–water partition coefficient (Wildman–Crippen LogP) is 3.79. The molecule has 1 aromatic carbocycles. The highest BCUT2D eigenvalue weighted by Crippen LogP contribution is 2.38. The molecule has 2 heterocycles. The lowest BCUT2D eigenvalue weighted by atomic mass is 9.93. The highest BCUT2D eigenvalue weighted by atomic mass is 32.1. The smallest absolute Gasteiger partial charge is 0.320 e. The number of ether oxygens (including phenoxy) is 2. The molecule has 0 bridgehead atoms. The van der Waals surface area contributed by atoms with Crippen molar-refractivity contribution in [1.29, 1.82) is 0 Å². The van der Waals surface area contributed by atoms with E-state index in [1.807, 2.05) is 23.6 Å². The summed E-state index contributed by atoms with van der Waals surface area (Å²) in [7, 11) is 3.22. The summed E-state index contributed by atoms with van der Waals surface area (Å²) in [5.74, 6) is 0.577. The van der Waals surface area contributed by atoms with E-state index in [-0.39, 0.29) is 6.04 Å². The van der Waals surface area contributed by atoms with Crippen molar-refractivity contribution in [2.45, 2.75) is 31.3 Å². The van der Waals surface area contributed by atoms with E-state index in [4.69, 9.17) is 9.47 Å². The van der Waals surface area contributed by atoms with Crippen molar-refractivity contribution in [3.8, 4) is 11.5 Å². The summed E-state index contributed by atoms with van der Waals surface area (Å²) in [4.78, 5) is 13.9. The summed E-state index contributed by atoms with van der Waals surface area (Å²) in [6.45, 7) is 0.770. The summed E-state index contributed by atoms with van der Waals surface area (Å²) < 4.78 is 10.8. The molecular weight excluding hydrogens is 338 g/mol. The SMILES string of the molecule is COc1ccc(C(c2ccsc2)N2CCCCC2C(=O)O)cc1OC. The highest BCUT2D eigenvalue weighted by molar-refractivity contribution is 7.08. The van der Waals surface area contributed by atoms with Gasteiger partial charge in [0.25, 0.3) is 0 Å². The second-order valence-electron chi connectivity index (χ2n) is 6.16. The first kappa shape index (κ1) is 17.8. The Bertz CT molecular complexity index is 716. The molecule has 1 N–H and O–H groups in total. The molecule has 5 nitrogen and oxygen atoms in total. The Balaban J connectivity index is 2.05. The maximum absolute atomic E-state index is 11.8. The Morgan fingerprint density at radius 1 is 1.20 bits per heavy atom. The van der Waals surface area contributed by atoms with Crippen molar-refractivity contribution >= 4 is 17.3 Å². The van der Waals surface area contributed by atoms with Crippen LogP contribution in [-0.2, 0) is 4.79 Å². The van der Waals surface area contributed by atoms with E-state index in [9.17, 15) is 9.90 Å². The van der Waals surface area contributed by atoms with E-state index in [2.05, 4.69) is 16.3 Å². The molecule has 1 aliphatic rings. The fourth-order valence-corrected chi connectivity index (χ4v) is 4.24. The molecular formula is C19H23NO4S. The Morgan fingerprint density at radius 2 is 2.00 bits per heavy atom. The minimum Gasteiger partial charge on any atom is -0.493 e. The van der Waals surface area contributed by atoms with Gasteiger partial charge in [0.1, 0.15) is 6.04 Å². The third-order valence-corrected chi connectivity index (χ3v) is 5.44. The molecule has 1 fully saturated rings. The molecule has 1 aromatic heterocycles. The second-order valence-corrected chi connectivity index (χ2v) is 6.94. The molecule has 0 radical (unpaired) electrons. The van der Waals surface area contributed by atoms with Gasteiger partial charge in [0.05, 0.1) is 20.3 Å². The lowest BCUT2D eigenvalue weighted by molar-refractivity contribution is -0.145. The fraction of sp³-hybridized carbons (Fsp3) is 0.421. The zero-order valence-corrected chi connectivity index (χ0v) is 15.3. The first-order valence-electron chi connectivity index (χ1n) is 8.38. The van der Waals surface area contributed by atoms with Crippen LogP contribution in [0.3, 0.4) is 0 Å². The number of hydrogen-bond donors (Lipinski definition) is 1. The molecule has 0 saturated carbocycles. The Morgan fingerprint density at radius 3 is 2.64 bits per heavy atom. The number of rotatable bonds is 6. The van der Waals surface area contributed by atoms with Crippen LogP contribution >= 0.6 is 11.3 Å². The zero-order chi connectivity index (χ0) is 17.8. The van der Waals surface area contributed by atoms with Gasteiger partial charge >= 0.3 is 5.97 Å². The van der Waals surface area contributed by atoms with Crippen molar-refractivity contribution < 1.29 is 19.4 Å². The summed E-state index contributed by atoms with van der Waals surface area (Å²) in [6, 6.07) is 7.33. The number of hydrogen-bond acceptors (Lipinski definition) is 5. The number of nitrogens with zero attached hydrogens (tertiary/aromatic N) is 1. The van der Waals surface area contributed by atoms with Crippen LogP contribution in [0.25, 0.3) is 0 Å². The second kappa shape index (κ2) is 7.89. The molecule has 0 amide bonds. The molecule has 0 aliphatic carbocycles. The first-order valence-corrected chi connectivity index (χ1v) is 9.32. The molecule has 2 unspecified atom stereocenters. The van der Waals surface area contributed by atoms with Gasteiger partial charge in [-0.1, -0.05) is 12.5 Å². The van der Waals surface area contributed by atoms with E-state index in [0.717, 1.165) is 30.5 Å². The van der Waals surface area contributed by atoms with Gasteiger partial charge in [-0.25, -0.2) is 0 Å². The molecule has 2 atom stereocenters. The van der Waals surface area contributed by atoms with Crippen LogP contribution in [0.5, 0.6) is 11.5 Å². The van der Waals surface area contributed by atoms with Crippen LogP contribution in [0.1, 0.15) is 36.4 Å². The number of thiophene rings is 1. The molecule has 0 spiro atoms. The molecule has 1 saturated heterocycles. The normalized spacial score (nSPS) is 19.4. The maximum Gasteiger partial charge on any atom is 0.320 e. The largest absolute Gasteiger partial charge is 0.493 e. The molecule has 134 valence electrons. The number of likely N-dealkylation sites (tertiary alicyclic amines) is 1. The minimum absolute atomic E-state index is 0.104. The lowest BCUT2D eigenvalue weighted by Gasteiger charge is -2.39. The third kappa shape index (κ3) is 3.65. The lowest BCUT2D eigenvalue weighted by Crippen LogP contribution is -2.46. The van der Waals surface area contributed by atoms with Crippen molar-refractivity contribution in [2.24, 2.45) is 0 Å². The van der Waals surface area contributed by atoms with Crippen LogP contribution in [0, 0.1) is 0 Å². The molecule has 2 aromatic rings. The van der Waals surface area contributed by atoms with Gasteiger partial charge in [0.2, 0.25) is 0 Å². The average Bonchev–Trinajstić information content (AvgIpc) is 3.16. The van der Waals surface area contributed by atoms with Crippen molar-refractivity contribution in [1.82, 2.24) is 4.90 Å². The number of piperidine rings is 1. The van der Waals surface area contributed by atoms with Crippen molar-refractivity contribution in [3.05, 3.63) is 46.2 Å². The summed E-state index contributed by atoms with van der Waals surface area (Å²) in [5.41, 5.74) is 2.13. The third-order valence-electron chi connectivity index (χ3n) is 4.74. The predicted molar refractivity (Wildman–Crippen MR) is 97.7 cm³/mol. The Labute approximate surface area is 151 Å². The van der Waals surface area contributed by atoms with Crippen molar-refractivity contribution in [3.63, 3.8) is 0 Å². The number of aliphatic carboxylic acids is 1. The average molecular weight is 361 g/mol. The molecule has 1 aliphatic heterocycles. The molecule has 6 heteroatoms. The molecule has 25 heavy (non-hydrogen) atoms. The van der Waals surface area contributed by atoms with E-state index in [0.29, 0.717) is 17.9 Å². The maximum atomic E-state index is 11.8. The van der Waals surface area contributed by atoms with Gasteiger partial charge < -0.3 is 14.6 Å². The van der Waals surface area contributed by atoms with Crippen LogP contribution in [0.15, 0.2) is 35.0 Å². The highest BCUT2D eigenvalue weighted by Gasteiger charge is 2.35. The van der Waals surface area contributed by atoms with E-state index in [1.165, 1.54) is 0 Å². The monoisotopic (exact) mass is 361 g/mol. The number of methoxy groups -OCH3 is 2. The topological polar surface area (TPSA) is 59.0 Å². The Kier molecular flexibility index (Phi) is 5.60. The van der Waals surface area contributed by atoms with E-state index in [1.54, 1.807) is 25.6 Å². The minimum atomic E-state index is -0.750. The van der Waals surface area contributed by atoms with E-state index < -0.39 is 12.0 Å². The van der Waals surface area contributed by atoms with Gasteiger partial charge in [-0.15, -0.1) is 0 Å². The number of carboxylic acid groups (broad SMARTS) is 1. The zero-order valence-electron chi connectivity index (χ0n) is 14.5. The molecule has 3 rings (SSSR count). The number of carbonyl (C=O) groups is 1. The van der Waals surface area contributed by atoms with Crippen LogP contribution in [-0.4, -0.2) is 42.8 Å². The van der Waals surface area contributed by atoms with Gasteiger partial charge in [0.15, 0.2) is 11.5 Å². The van der Waals surface area contributed by atoms with Crippen LogP contribution in [0.2, 0.25) is 0 Å². The van der Waals surface area contributed by atoms with E-state index >= 15 is 0 Å². The van der Waals surface area contributed by atoms with Gasteiger partial charge in [-0.3, -0.25) is 9.69 Å². The van der Waals surface area contributed by atoms with Gasteiger partial charge in [0, 0.05) is 0 Å². The van der Waals surface area contributed by atoms with Gasteiger partial charge in [-0.05, 0) is 59.5 Å². The van der Waals surface area contributed by atoms with Crippen LogP contribution in [0.4, 0.5) is 0 Å². The summed E-state index contributed by atoms with van der Waals surface area (Å²) in [5, 5.41) is 13.8. The van der Waals surface area contributed by atoms with Crippen molar-refractivity contribution in [2.75, 3.05) is 20.8 Å². The Hall–Kier alpha value is -2.05. The quantitative estimate of drug-likeness (QED) is 0.848. The summed E-state index contributed by atoms with van der Waals surface area (Å²) >= 11 is 1.62.